The van der Waals surface area contributed by atoms with E-state index < -0.39 is 0 Å². The minimum Gasteiger partial charge on any atom is -0.380 e. The minimum absolute atomic E-state index is 0.742. The van der Waals surface area contributed by atoms with E-state index in [4.69, 9.17) is 11.6 Å². The second-order valence-corrected chi connectivity index (χ2v) is 5.83. The Morgan fingerprint density at radius 1 is 1.35 bits per heavy atom. The van der Waals surface area contributed by atoms with Gasteiger partial charge in [-0.05, 0) is 18.2 Å². The summed E-state index contributed by atoms with van der Waals surface area (Å²) in [5, 5.41) is 14.2. The van der Waals surface area contributed by atoms with E-state index in [-0.39, 0.29) is 0 Å². The second-order valence-electron chi connectivity index (χ2n) is 4.40. The third-order valence-corrected chi connectivity index (χ3v) is 4.24. The van der Waals surface area contributed by atoms with E-state index in [1.165, 1.54) is 4.88 Å². The van der Waals surface area contributed by atoms with E-state index in [1.54, 1.807) is 17.7 Å². The average Bonchev–Trinajstić information content (AvgIpc) is 3.05. The number of hydrogen-bond donors (Lipinski definition) is 1. The van der Waals surface area contributed by atoms with Crippen molar-refractivity contribution in [1.29, 1.82) is 0 Å². The Morgan fingerprint density at radius 2 is 2.20 bits per heavy atom. The molecular formula is C14H13ClN4S. The fourth-order valence-corrected chi connectivity index (χ4v) is 3.00. The molecule has 0 fully saturated rings. The highest BCUT2D eigenvalue weighted by Crippen LogP contribution is 2.27. The summed E-state index contributed by atoms with van der Waals surface area (Å²) in [4.78, 5) is 1.20. The summed E-state index contributed by atoms with van der Waals surface area (Å²) in [7, 11) is 1.94. The second kappa shape index (κ2) is 5.64. The Labute approximate surface area is 126 Å². The van der Waals surface area contributed by atoms with E-state index in [0.29, 0.717) is 0 Å². The summed E-state index contributed by atoms with van der Waals surface area (Å²) in [6.07, 6.45) is 1.70. The van der Waals surface area contributed by atoms with E-state index >= 15 is 0 Å². The van der Waals surface area contributed by atoms with Crippen LogP contribution in [0.15, 0.2) is 42.0 Å². The van der Waals surface area contributed by atoms with Gasteiger partial charge in [0.2, 0.25) is 0 Å². The zero-order chi connectivity index (χ0) is 13.9. The molecule has 0 spiro atoms. The first-order valence-corrected chi connectivity index (χ1v) is 7.40. The number of nitrogens with one attached hydrogen (secondary N) is 1. The lowest BCUT2D eigenvalue weighted by Gasteiger charge is -2.10. The van der Waals surface area contributed by atoms with E-state index in [2.05, 4.69) is 15.5 Å². The van der Waals surface area contributed by atoms with Crippen LogP contribution in [0.1, 0.15) is 4.88 Å². The van der Waals surface area contributed by atoms with Gasteiger partial charge in [-0.3, -0.25) is 0 Å². The molecule has 0 saturated heterocycles. The first-order valence-electron chi connectivity index (χ1n) is 6.14. The van der Waals surface area contributed by atoms with Crippen LogP contribution in [0.3, 0.4) is 0 Å². The molecule has 4 nitrogen and oxygen atoms in total. The molecule has 0 radical (unpaired) electrons. The number of halogens is 1. The molecule has 0 saturated carbocycles. The third-order valence-electron chi connectivity index (χ3n) is 2.95. The Balaban J connectivity index is 1.85. The molecule has 1 aromatic carbocycles. The molecule has 0 unspecified atom stereocenters. The van der Waals surface area contributed by atoms with E-state index in [9.17, 15) is 0 Å². The first-order chi connectivity index (χ1) is 9.74. The molecule has 1 N–H and O–H groups in total. The van der Waals surface area contributed by atoms with Gasteiger partial charge in [0.05, 0.1) is 5.02 Å². The molecule has 20 heavy (non-hydrogen) atoms. The SMILES string of the molecule is Cn1cnnc1-c1ccccc1NCc1cc(Cl)cs1. The van der Waals surface area contributed by atoms with Gasteiger partial charge >= 0.3 is 0 Å². The molecule has 3 aromatic rings. The van der Waals surface area contributed by atoms with Gasteiger partial charge in [-0.25, -0.2) is 0 Å². The molecule has 0 amide bonds. The van der Waals surface area contributed by atoms with Crippen LogP contribution in [-0.4, -0.2) is 14.8 Å². The van der Waals surface area contributed by atoms with Crippen LogP contribution in [0.5, 0.6) is 0 Å². The molecule has 6 heteroatoms. The highest BCUT2D eigenvalue weighted by Gasteiger charge is 2.09. The Morgan fingerprint density at radius 3 is 2.90 bits per heavy atom. The number of para-hydroxylation sites is 1. The normalized spacial score (nSPS) is 10.7. The summed E-state index contributed by atoms with van der Waals surface area (Å²) in [6, 6.07) is 10.1. The lowest BCUT2D eigenvalue weighted by Crippen LogP contribution is -2.01. The molecule has 0 aliphatic rings. The summed E-state index contributed by atoms with van der Waals surface area (Å²) < 4.78 is 1.91. The van der Waals surface area contributed by atoms with Crippen LogP contribution in [0, 0.1) is 0 Å². The molecule has 2 heterocycles. The molecule has 102 valence electrons. The van der Waals surface area contributed by atoms with Gasteiger partial charge in [-0.2, -0.15) is 0 Å². The number of aryl methyl sites for hydroxylation is 1. The predicted octanol–water partition coefficient (Wildman–Crippen LogP) is 3.81. The van der Waals surface area contributed by atoms with Gasteiger partial charge in [0.15, 0.2) is 5.82 Å². The zero-order valence-corrected chi connectivity index (χ0v) is 12.4. The van der Waals surface area contributed by atoms with Crippen molar-refractivity contribution in [3.8, 4) is 11.4 Å². The quantitative estimate of drug-likeness (QED) is 0.797. The largest absolute Gasteiger partial charge is 0.380 e. The van der Waals surface area contributed by atoms with Crippen molar-refractivity contribution in [3.05, 3.63) is 51.9 Å². The topological polar surface area (TPSA) is 42.7 Å². The molecule has 2 aromatic heterocycles. The predicted molar refractivity (Wildman–Crippen MR) is 83.1 cm³/mol. The first kappa shape index (κ1) is 13.1. The number of rotatable bonds is 4. The maximum atomic E-state index is 5.94. The van der Waals surface area contributed by atoms with Gasteiger partial charge in [-0.15, -0.1) is 21.5 Å². The summed E-state index contributed by atoms with van der Waals surface area (Å²) in [5.41, 5.74) is 2.07. The van der Waals surface area contributed by atoms with Crippen molar-refractivity contribution in [1.82, 2.24) is 14.8 Å². The lowest BCUT2D eigenvalue weighted by molar-refractivity contribution is 0.919. The molecule has 3 rings (SSSR count). The number of benzene rings is 1. The number of hydrogen-bond acceptors (Lipinski definition) is 4. The van der Waals surface area contributed by atoms with Crippen molar-refractivity contribution in [3.63, 3.8) is 0 Å². The van der Waals surface area contributed by atoms with Crippen LogP contribution in [0.2, 0.25) is 5.02 Å². The maximum absolute atomic E-state index is 5.94. The number of aromatic nitrogens is 3. The van der Waals surface area contributed by atoms with Crippen LogP contribution in [-0.2, 0) is 13.6 Å². The van der Waals surface area contributed by atoms with Crippen LogP contribution < -0.4 is 5.32 Å². The Hall–Kier alpha value is -1.85. The van der Waals surface area contributed by atoms with Crippen LogP contribution in [0.4, 0.5) is 5.69 Å². The van der Waals surface area contributed by atoms with Crippen molar-refractivity contribution in [2.45, 2.75) is 6.54 Å². The number of nitrogens with zero attached hydrogens (tertiary/aromatic N) is 3. The highest BCUT2D eigenvalue weighted by molar-refractivity contribution is 7.10. The van der Waals surface area contributed by atoms with Crippen molar-refractivity contribution in [2.75, 3.05) is 5.32 Å². The third kappa shape index (κ3) is 2.69. The Bertz CT molecular complexity index is 719. The van der Waals surface area contributed by atoms with E-state index in [0.717, 1.165) is 28.6 Å². The molecule has 0 aliphatic carbocycles. The lowest BCUT2D eigenvalue weighted by atomic mass is 10.1. The number of thiophene rings is 1. The monoisotopic (exact) mass is 304 g/mol. The summed E-state index contributed by atoms with van der Waals surface area (Å²) >= 11 is 7.58. The molecule has 0 atom stereocenters. The van der Waals surface area contributed by atoms with Crippen molar-refractivity contribution < 1.29 is 0 Å². The van der Waals surface area contributed by atoms with Gasteiger partial charge in [0.25, 0.3) is 0 Å². The molecular weight excluding hydrogens is 292 g/mol. The van der Waals surface area contributed by atoms with Gasteiger partial charge in [-0.1, -0.05) is 23.7 Å². The summed E-state index contributed by atoms with van der Waals surface area (Å²) in [5.74, 6) is 0.845. The van der Waals surface area contributed by atoms with E-state index in [1.807, 2.05) is 47.3 Å². The van der Waals surface area contributed by atoms with Crippen LogP contribution >= 0.6 is 22.9 Å². The maximum Gasteiger partial charge on any atom is 0.165 e. The van der Waals surface area contributed by atoms with Gasteiger partial charge < -0.3 is 9.88 Å². The van der Waals surface area contributed by atoms with Gasteiger partial charge in [0.1, 0.15) is 6.33 Å². The average molecular weight is 305 g/mol. The van der Waals surface area contributed by atoms with Crippen molar-refractivity contribution >= 4 is 28.6 Å². The minimum atomic E-state index is 0.742. The Kier molecular flexibility index (Phi) is 3.71. The van der Waals surface area contributed by atoms with Crippen LogP contribution in [0.25, 0.3) is 11.4 Å². The smallest absolute Gasteiger partial charge is 0.165 e. The van der Waals surface area contributed by atoms with Gasteiger partial charge in [0, 0.05) is 35.1 Å². The standard InChI is InChI=1S/C14H13ClN4S/c1-19-9-17-18-14(19)12-4-2-3-5-13(12)16-7-11-6-10(15)8-20-11/h2-6,8-9,16H,7H2,1H3. The number of anilines is 1. The molecule has 0 bridgehead atoms. The fraction of sp³-hybridized carbons (Fsp3) is 0.143. The zero-order valence-electron chi connectivity index (χ0n) is 10.9. The highest BCUT2D eigenvalue weighted by atomic mass is 35.5. The van der Waals surface area contributed by atoms with Crippen molar-refractivity contribution in [2.24, 2.45) is 7.05 Å². The summed E-state index contributed by atoms with van der Waals surface area (Å²) in [6.45, 7) is 0.742. The molecule has 0 aliphatic heterocycles. The fourth-order valence-electron chi connectivity index (χ4n) is 1.99.